The number of aromatic nitrogens is 1. The number of thiazole rings is 1. The van der Waals surface area contributed by atoms with Gasteiger partial charge in [-0.1, -0.05) is 19.3 Å². The maximum atomic E-state index is 12.2. The molecular formula is C15H24N2O2S. The van der Waals surface area contributed by atoms with Gasteiger partial charge >= 0.3 is 0 Å². The first-order chi connectivity index (χ1) is 9.48. The molecule has 2 rings (SSSR count). The Hall–Kier alpha value is -0.940. The lowest BCUT2D eigenvalue weighted by Gasteiger charge is -2.32. The van der Waals surface area contributed by atoms with Crippen LogP contribution in [0.4, 0.5) is 0 Å². The molecule has 0 spiro atoms. The van der Waals surface area contributed by atoms with Crippen molar-refractivity contribution in [1.82, 2.24) is 9.88 Å². The van der Waals surface area contributed by atoms with Gasteiger partial charge in [0, 0.05) is 31.1 Å². The fraction of sp³-hybridized carbons (Fsp3) is 0.733. The largest absolute Gasteiger partial charge is 0.389 e. The number of nitrogens with zero attached hydrogens (tertiary/aromatic N) is 2. The summed E-state index contributed by atoms with van der Waals surface area (Å²) in [5, 5.41) is 11.5. The molecule has 1 aromatic heterocycles. The molecule has 1 saturated carbocycles. The van der Waals surface area contributed by atoms with Gasteiger partial charge in [-0.05, 0) is 19.8 Å². The summed E-state index contributed by atoms with van der Waals surface area (Å²) in [6.07, 6.45) is 7.69. The average Bonchev–Trinajstić information content (AvgIpc) is 2.82. The number of rotatable bonds is 5. The first kappa shape index (κ1) is 15.4. The molecular weight excluding hydrogens is 272 g/mol. The van der Waals surface area contributed by atoms with Crippen molar-refractivity contribution >= 4 is 17.2 Å². The number of aliphatic hydroxyl groups is 1. The monoisotopic (exact) mass is 296 g/mol. The number of carbonyl (C=O) groups is 1. The predicted molar refractivity (Wildman–Crippen MR) is 80.8 cm³/mol. The zero-order valence-electron chi connectivity index (χ0n) is 12.4. The van der Waals surface area contributed by atoms with Gasteiger partial charge < -0.3 is 10.0 Å². The fourth-order valence-corrected chi connectivity index (χ4v) is 3.48. The highest BCUT2D eigenvalue weighted by Gasteiger charge is 2.32. The van der Waals surface area contributed by atoms with Crippen LogP contribution in [0.2, 0.25) is 0 Å². The summed E-state index contributed by atoms with van der Waals surface area (Å²) in [5.74, 6) is 0.0441. The molecule has 0 atom stereocenters. The second-order valence-electron chi connectivity index (χ2n) is 5.89. The molecule has 1 fully saturated rings. The van der Waals surface area contributed by atoms with Crippen molar-refractivity contribution in [2.75, 3.05) is 13.6 Å². The minimum Gasteiger partial charge on any atom is -0.389 e. The summed E-state index contributed by atoms with van der Waals surface area (Å²) in [6.45, 7) is 2.70. The number of aryl methyl sites for hydroxylation is 1. The first-order valence-corrected chi connectivity index (χ1v) is 8.18. The smallest absolute Gasteiger partial charge is 0.225 e. The Bertz CT molecular complexity index is 452. The third kappa shape index (κ3) is 4.28. The van der Waals surface area contributed by atoms with Gasteiger partial charge in [-0.25, -0.2) is 4.98 Å². The molecule has 1 aromatic rings. The minimum absolute atomic E-state index is 0.0441. The van der Waals surface area contributed by atoms with Crippen LogP contribution < -0.4 is 0 Å². The van der Waals surface area contributed by atoms with E-state index in [1.165, 1.54) is 11.3 Å². The Morgan fingerprint density at radius 2 is 2.15 bits per heavy atom. The van der Waals surface area contributed by atoms with E-state index < -0.39 is 5.60 Å². The molecule has 1 amide bonds. The molecule has 0 radical (unpaired) electrons. The quantitative estimate of drug-likeness (QED) is 0.908. The van der Waals surface area contributed by atoms with E-state index >= 15 is 0 Å². The van der Waals surface area contributed by atoms with Crippen molar-refractivity contribution in [2.24, 2.45) is 0 Å². The Balaban J connectivity index is 1.79. The van der Waals surface area contributed by atoms with Crippen LogP contribution in [0, 0.1) is 6.92 Å². The fourth-order valence-electron chi connectivity index (χ4n) is 2.71. The van der Waals surface area contributed by atoms with Crippen LogP contribution in [0.1, 0.15) is 48.4 Å². The Morgan fingerprint density at radius 3 is 2.75 bits per heavy atom. The van der Waals surface area contributed by atoms with Gasteiger partial charge in [0.15, 0.2) is 0 Å². The van der Waals surface area contributed by atoms with Gasteiger partial charge in [-0.15, -0.1) is 11.3 Å². The summed E-state index contributed by atoms with van der Waals surface area (Å²) in [4.78, 5) is 19.4. The van der Waals surface area contributed by atoms with Crippen molar-refractivity contribution in [2.45, 2.75) is 57.5 Å². The molecule has 20 heavy (non-hydrogen) atoms. The van der Waals surface area contributed by atoms with Crippen molar-refractivity contribution in [3.05, 3.63) is 16.1 Å². The van der Waals surface area contributed by atoms with E-state index in [1.54, 1.807) is 16.2 Å². The number of hydrogen-bond donors (Lipinski definition) is 1. The minimum atomic E-state index is -0.763. The maximum Gasteiger partial charge on any atom is 0.225 e. The lowest BCUT2D eigenvalue weighted by atomic mass is 9.82. The van der Waals surface area contributed by atoms with Crippen LogP contribution in [0.3, 0.4) is 0 Å². The normalized spacial score (nSPS) is 17.9. The SMILES string of the molecule is Cc1cnc(CCN(C)C(=O)CC2(O)CCCCC2)s1. The predicted octanol–water partition coefficient (Wildman–Crippen LogP) is 2.54. The van der Waals surface area contributed by atoms with Crippen molar-refractivity contribution in [1.29, 1.82) is 0 Å². The van der Waals surface area contributed by atoms with Crippen LogP contribution >= 0.6 is 11.3 Å². The molecule has 5 heteroatoms. The summed E-state index contributed by atoms with van der Waals surface area (Å²) < 4.78 is 0. The molecule has 1 aliphatic carbocycles. The van der Waals surface area contributed by atoms with E-state index in [9.17, 15) is 9.90 Å². The van der Waals surface area contributed by atoms with Crippen molar-refractivity contribution in [3.8, 4) is 0 Å². The van der Waals surface area contributed by atoms with Gasteiger partial charge in [0.05, 0.1) is 17.0 Å². The second kappa shape index (κ2) is 6.68. The first-order valence-electron chi connectivity index (χ1n) is 7.36. The van der Waals surface area contributed by atoms with Gasteiger partial charge in [-0.2, -0.15) is 0 Å². The molecule has 0 aliphatic heterocycles. The van der Waals surface area contributed by atoms with E-state index in [0.717, 1.165) is 37.1 Å². The zero-order chi connectivity index (χ0) is 14.6. The molecule has 0 bridgehead atoms. The van der Waals surface area contributed by atoms with E-state index in [0.29, 0.717) is 6.54 Å². The van der Waals surface area contributed by atoms with E-state index in [-0.39, 0.29) is 12.3 Å². The molecule has 0 saturated heterocycles. The third-order valence-corrected chi connectivity index (χ3v) is 4.99. The molecule has 1 aliphatic rings. The molecule has 0 aromatic carbocycles. The lowest BCUT2D eigenvalue weighted by molar-refractivity contribution is -0.136. The third-order valence-electron chi connectivity index (χ3n) is 4.02. The van der Waals surface area contributed by atoms with Crippen LogP contribution in [0.15, 0.2) is 6.20 Å². The summed E-state index contributed by atoms with van der Waals surface area (Å²) in [5.41, 5.74) is -0.763. The van der Waals surface area contributed by atoms with Crippen LogP contribution in [0.25, 0.3) is 0 Å². The molecule has 1 N–H and O–H groups in total. The van der Waals surface area contributed by atoms with Crippen molar-refractivity contribution in [3.63, 3.8) is 0 Å². The highest BCUT2D eigenvalue weighted by Crippen LogP contribution is 2.31. The maximum absolute atomic E-state index is 12.2. The van der Waals surface area contributed by atoms with E-state index in [4.69, 9.17) is 0 Å². The molecule has 0 unspecified atom stereocenters. The summed E-state index contributed by atoms with van der Waals surface area (Å²) >= 11 is 1.68. The highest BCUT2D eigenvalue weighted by molar-refractivity contribution is 7.11. The molecule has 112 valence electrons. The molecule has 1 heterocycles. The van der Waals surface area contributed by atoms with Gasteiger partial charge in [0.25, 0.3) is 0 Å². The average molecular weight is 296 g/mol. The zero-order valence-corrected chi connectivity index (χ0v) is 13.2. The molecule has 4 nitrogen and oxygen atoms in total. The standard InChI is InChI=1S/C15H24N2O2S/c1-12-11-16-13(20-12)6-9-17(2)14(18)10-15(19)7-4-3-5-8-15/h11,19H,3-10H2,1-2H3. The Kier molecular flexibility index (Phi) is 5.16. The Labute approximate surface area is 124 Å². The van der Waals surface area contributed by atoms with Gasteiger partial charge in [0.2, 0.25) is 5.91 Å². The highest BCUT2D eigenvalue weighted by atomic mass is 32.1. The number of carbonyl (C=O) groups excluding carboxylic acids is 1. The van der Waals surface area contributed by atoms with Gasteiger partial charge in [0.1, 0.15) is 0 Å². The van der Waals surface area contributed by atoms with Crippen LogP contribution in [0.5, 0.6) is 0 Å². The van der Waals surface area contributed by atoms with Crippen molar-refractivity contribution < 1.29 is 9.90 Å². The van der Waals surface area contributed by atoms with Crippen LogP contribution in [-0.2, 0) is 11.2 Å². The van der Waals surface area contributed by atoms with Gasteiger partial charge in [-0.3, -0.25) is 4.79 Å². The number of hydrogen-bond acceptors (Lipinski definition) is 4. The number of likely N-dealkylation sites (N-methyl/N-ethyl adjacent to an activating group) is 1. The second-order valence-corrected chi connectivity index (χ2v) is 7.21. The van der Waals surface area contributed by atoms with E-state index in [2.05, 4.69) is 4.98 Å². The van der Waals surface area contributed by atoms with Crippen LogP contribution in [-0.4, -0.2) is 40.1 Å². The summed E-state index contributed by atoms with van der Waals surface area (Å²) in [7, 11) is 1.81. The topological polar surface area (TPSA) is 53.4 Å². The summed E-state index contributed by atoms with van der Waals surface area (Å²) in [6, 6.07) is 0. The number of amides is 1. The Morgan fingerprint density at radius 1 is 1.45 bits per heavy atom. The van der Waals surface area contributed by atoms with E-state index in [1.807, 2.05) is 20.2 Å². The lowest BCUT2D eigenvalue weighted by Crippen LogP contribution is -2.39.